The summed E-state index contributed by atoms with van der Waals surface area (Å²) in [5.74, 6) is 4.83. The van der Waals surface area contributed by atoms with Crippen LogP contribution in [-0.2, 0) is 18.4 Å². The van der Waals surface area contributed by atoms with Crippen LogP contribution in [0.2, 0.25) is 0 Å². The maximum absolute atomic E-state index is 12.1. The molecule has 6 nitrogen and oxygen atoms in total. The fourth-order valence-corrected chi connectivity index (χ4v) is 2.21. The lowest BCUT2D eigenvalue weighted by molar-refractivity contribution is -0.121. The molecule has 0 radical (unpaired) electrons. The second-order valence-corrected chi connectivity index (χ2v) is 4.51. The second-order valence-electron chi connectivity index (χ2n) is 4.51. The number of rotatable bonds is 5. The average Bonchev–Trinajstić information content (AvgIpc) is 2.68. The van der Waals surface area contributed by atoms with Crippen LogP contribution < -0.4 is 17.0 Å². The lowest BCUT2D eigenvalue weighted by atomic mass is 10.2. The van der Waals surface area contributed by atoms with Gasteiger partial charge >= 0.3 is 5.69 Å². The van der Waals surface area contributed by atoms with Gasteiger partial charge in [-0.15, -0.1) is 0 Å². The number of hydrogen-bond donors (Lipinski definition) is 2. The van der Waals surface area contributed by atoms with Crippen molar-refractivity contribution in [1.82, 2.24) is 14.6 Å². The van der Waals surface area contributed by atoms with Crippen molar-refractivity contribution < 1.29 is 4.79 Å². The highest BCUT2D eigenvalue weighted by Gasteiger charge is 2.09. The molecular weight excluding hydrogens is 244 g/mol. The summed E-state index contributed by atoms with van der Waals surface area (Å²) in [4.78, 5) is 23.1. The van der Waals surface area contributed by atoms with E-state index in [1.54, 1.807) is 16.2 Å². The van der Waals surface area contributed by atoms with Crippen molar-refractivity contribution in [3.8, 4) is 0 Å². The molecule has 0 spiro atoms. The summed E-state index contributed by atoms with van der Waals surface area (Å²) in [7, 11) is 1.77. The first-order chi connectivity index (χ1) is 9.15. The van der Waals surface area contributed by atoms with Gasteiger partial charge in [-0.3, -0.25) is 19.4 Å². The van der Waals surface area contributed by atoms with Gasteiger partial charge in [-0.1, -0.05) is 12.1 Å². The van der Waals surface area contributed by atoms with Crippen molar-refractivity contribution in [1.29, 1.82) is 0 Å². The predicted molar refractivity (Wildman–Crippen MR) is 73.4 cm³/mol. The third-order valence-electron chi connectivity index (χ3n) is 3.25. The number of aryl methyl sites for hydroxylation is 2. The Morgan fingerprint density at radius 2 is 1.95 bits per heavy atom. The Balaban J connectivity index is 2.11. The Labute approximate surface area is 110 Å². The third-order valence-corrected chi connectivity index (χ3v) is 3.25. The van der Waals surface area contributed by atoms with Gasteiger partial charge in [0.25, 0.3) is 0 Å². The molecule has 2 aromatic rings. The normalized spacial score (nSPS) is 10.8. The molecule has 0 aliphatic heterocycles. The summed E-state index contributed by atoms with van der Waals surface area (Å²) < 4.78 is 3.39. The van der Waals surface area contributed by atoms with Crippen LogP contribution in [0.25, 0.3) is 11.0 Å². The van der Waals surface area contributed by atoms with Crippen LogP contribution in [0, 0.1) is 0 Å². The lowest BCUT2D eigenvalue weighted by Crippen LogP contribution is -2.29. The standard InChI is InChI=1S/C13H18N4O2/c1-16-10-6-2-3-7-11(10)17(13(16)19)9-5-4-8-12(18)15-14/h2-3,6-7H,4-5,8-9,14H2,1H3,(H,15,18). The highest BCUT2D eigenvalue weighted by molar-refractivity contribution is 5.76. The number of hydrazine groups is 1. The third kappa shape index (κ3) is 2.68. The van der Waals surface area contributed by atoms with Crippen LogP contribution >= 0.6 is 0 Å². The summed E-state index contributed by atoms with van der Waals surface area (Å²) in [5.41, 5.74) is 3.93. The van der Waals surface area contributed by atoms with Gasteiger partial charge in [-0.2, -0.15) is 0 Å². The highest BCUT2D eigenvalue weighted by Crippen LogP contribution is 2.12. The molecule has 0 saturated heterocycles. The summed E-state index contributed by atoms with van der Waals surface area (Å²) in [5, 5.41) is 0. The molecule has 102 valence electrons. The van der Waals surface area contributed by atoms with Crippen molar-refractivity contribution in [2.75, 3.05) is 0 Å². The van der Waals surface area contributed by atoms with Crippen molar-refractivity contribution in [3.63, 3.8) is 0 Å². The zero-order valence-electron chi connectivity index (χ0n) is 10.9. The molecule has 0 fully saturated rings. The molecule has 0 aliphatic carbocycles. The number of carbonyl (C=O) groups excluding carboxylic acids is 1. The van der Waals surface area contributed by atoms with E-state index in [1.807, 2.05) is 24.3 Å². The number of unbranched alkanes of at least 4 members (excludes halogenated alkanes) is 1. The number of aromatic nitrogens is 2. The number of nitrogens with one attached hydrogen (secondary N) is 1. The van der Waals surface area contributed by atoms with Gasteiger partial charge in [0.2, 0.25) is 5.91 Å². The smallest absolute Gasteiger partial charge is 0.295 e. The minimum Gasteiger partial charge on any atom is -0.295 e. The molecule has 1 amide bonds. The van der Waals surface area contributed by atoms with E-state index >= 15 is 0 Å². The Hall–Kier alpha value is -2.08. The molecule has 0 saturated carbocycles. The molecule has 3 N–H and O–H groups in total. The molecule has 6 heteroatoms. The molecule has 19 heavy (non-hydrogen) atoms. The monoisotopic (exact) mass is 262 g/mol. The molecule has 1 aromatic carbocycles. The SMILES string of the molecule is Cn1c(=O)n(CCCCC(=O)NN)c2ccccc21. The van der Waals surface area contributed by atoms with E-state index in [1.165, 1.54) is 0 Å². The number of carbonyl (C=O) groups is 1. The van der Waals surface area contributed by atoms with Crippen LogP contribution in [0.1, 0.15) is 19.3 Å². The van der Waals surface area contributed by atoms with E-state index < -0.39 is 0 Å². The largest absolute Gasteiger partial charge is 0.328 e. The van der Waals surface area contributed by atoms with Gasteiger partial charge in [0.15, 0.2) is 0 Å². The topological polar surface area (TPSA) is 82.0 Å². The van der Waals surface area contributed by atoms with Crippen molar-refractivity contribution in [3.05, 3.63) is 34.7 Å². The zero-order chi connectivity index (χ0) is 13.8. The molecule has 0 aliphatic rings. The average molecular weight is 262 g/mol. The number of nitrogens with zero attached hydrogens (tertiary/aromatic N) is 2. The van der Waals surface area contributed by atoms with Gasteiger partial charge in [-0.25, -0.2) is 10.6 Å². The minimum absolute atomic E-state index is 0.0236. The van der Waals surface area contributed by atoms with Gasteiger partial charge < -0.3 is 0 Å². The fraction of sp³-hybridized carbons (Fsp3) is 0.385. The highest BCUT2D eigenvalue weighted by atomic mass is 16.2. The number of para-hydroxylation sites is 2. The predicted octanol–water partition coefficient (Wildman–Crippen LogP) is 0.500. The molecule has 1 aromatic heterocycles. The van der Waals surface area contributed by atoms with E-state index in [-0.39, 0.29) is 11.6 Å². The number of nitrogens with two attached hydrogens (primary N) is 1. The van der Waals surface area contributed by atoms with Gasteiger partial charge in [0, 0.05) is 20.0 Å². The maximum Gasteiger partial charge on any atom is 0.328 e. The number of benzene rings is 1. The van der Waals surface area contributed by atoms with E-state index in [2.05, 4.69) is 5.43 Å². The Morgan fingerprint density at radius 3 is 2.63 bits per heavy atom. The Kier molecular flexibility index (Phi) is 4.01. The molecule has 0 bridgehead atoms. The van der Waals surface area contributed by atoms with Gasteiger partial charge in [0.05, 0.1) is 11.0 Å². The van der Waals surface area contributed by atoms with Crippen molar-refractivity contribution in [2.24, 2.45) is 12.9 Å². The maximum atomic E-state index is 12.1. The zero-order valence-corrected chi connectivity index (χ0v) is 10.9. The molecule has 2 rings (SSSR count). The first kappa shape index (κ1) is 13.4. The Bertz CT molecular complexity index is 642. The van der Waals surface area contributed by atoms with Crippen molar-refractivity contribution >= 4 is 16.9 Å². The van der Waals surface area contributed by atoms with Gasteiger partial charge in [-0.05, 0) is 25.0 Å². The van der Waals surface area contributed by atoms with E-state index in [0.717, 1.165) is 17.5 Å². The fourth-order valence-electron chi connectivity index (χ4n) is 2.21. The number of hydrogen-bond acceptors (Lipinski definition) is 3. The molecule has 0 unspecified atom stereocenters. The molecule has 0 atom stereocenters. The van der Waals surface area contributed by atoms with Crippen molar-refractivity contribution in [2.45, 2.75) is 25.8 Å². The van der Waals surface area contributed by atoms with E-state index in [9.17, 15) is 9.59 Å². The van der Waals surface area contributed by atoms with Crippen LogP contribution in [-0.4, -0.2) is 15.0 Å². The first-order valence-electron chi connectivity index (χ1n) is 6.29. The van der Waals surface area contributed by atoms with E-state index in [0.29, 0.717) is 19.4 Å². The summed E-state index contributed by atoms with van der Waals surface area (Å²) in [6.45, 7) is 0.609. The van der Waals surface area contributed by atoms with Crippen LogP contribution in [0.15, 0.2) is 29.1 Å². The number of imidazole rings is 1. The second kappa shape index (κ2) is 5.71. The van der Waals surface area contributed by atoms with Gasteiger partial charge in [0.1, 0.15) is 0 Å². The minimum atomic E-state index is -0.176. The summed E-state index contributed by atoms with van der Waals surface area (Å²) >= 11 is 0. The lowest BCUT2D eigenvalue weighted by Gasteiger charge is -2.03. The number of fused-ring (bicyclic) bond motifs is 1. The number of amides is 1. The van der Waals surface area contributed by atoms with Crippen LogP contribution in [0.4, 0.5) is 0 Å². The molecular formula is C13H18N4O2. The van der Waals surface area contributed by atoms with Crippen LogP contribution in [0.3, 0.4) is 0 Å². The van der Waals surface area contributed by atoms with E-state index in [4.69, 9.17) is 5.84 Å². The Morgan fingerprint density at radius 1 is 1.26 bits per heavy atom. The quantitative estimate of drug-likeness (QED) is 0.356. The summed E-state index contributed by atoms with van der Waals surface area (Å²) in [6.07, 6.45) is 1.86. The molecule has 1 heterocycles. The van der Waals surface area contributed by atoms with Crippen LogP contribution in [0.5, 0.6) is 0 Å². The first-order valence-corrected chi connectivity index (χ1v) is 6.29. The summed E-state index contributed by atoms with van der Waals surface area (Å²) in [6, 6.07) is 7.69.